The molecule has 0 radical (unpaired) electrons. The van der Waals surface area contributed by atoms with Crippen LogP contribution in [0.3, 0.4) is 0 Å². The lowest BCUT2D eigenvalue weighted by Gasteiger charge is -2.41. The molecule has 1 saturated heterocycles. The van der Waals surface area contributed by atoms with Gasteiger partial charge in [-0.2, -0.15) is 8.42 Å². The third-order valence-corrected chi connectivity index (χ3v) is 13.4. The first-order valence-corrected chi connectivity index (χ1v) is 28.7. The molecule has 0 spiro atoms. The van der Waals surface area contributed by atoms with Gasteiger partial charge >= 0.3 is 10.4 Å². The van der Waals surface area contributed by atoms with Gasteiger partial charge in [0.05, 0.1) is 25.4 Å². The van der Waals surface area contributed by atoms with Gasteiger partial charge in [-0.15, -0.1) is 0 Å². The number of allylic oxidation sites excluding steroid dienone is 5. The summed E-state index contributed by atoms with van der Waals surface area (Å²) in [6, 6.07) is -0.949. The highest BCUT2D eigenvalue weighted by atomic mass is 32.3. The Bertz CT molecular complexity index is 1330. The van der Waals surface area contributed by atoms with Crippen LogP contribution in [0.5, 0.6) is 0 Å². The number of rotatable bonds is 47. The van der Waals surface area contributed by atoms with Gasteiger partial charge in [0.25, 0.3) is 0 Å². The van der Waals surface area contributed by atoms with Crippen LogP contribution < -0.4 is 5.32 Å². The molecule has 67 heavy (non-hydrogen) atoms. The van der Waals surface area contributed by atoms with Crippen LogP contribution in [0.1, 0.15) is 245 Å². The summed E-state index contributed by atoms with van der Waals surface area (Å²) in [5, 5.41) is 44.9. The van der Waals surface area contributed by atoms with Crippen molar-refractivity contribution in [2.45, 2.75) is 288 Å². The fourth-order valence-electron chi connectivity index (χ4n) is 8.66. The summed E-state index contributed by atoms with van der Waals surface area (Å²) in [6.07, 6.45) is 46.1. The van der Waals surface area contributed by atoms with Crippen molar-refractivity contribution in [3.63, 3.8) is 0 Å². The number of carbonyl (C=O) groups excluding carboxylic acids is 1. The minimum Gasteiger partial charge on any atom is -0.394 e. The molecule has 13 heteroatoms. The van der Waals surface area contributed by atoms with E-state index in [4.69, 9.17) is 9.47 Å². The maximum absolute atomic E-state index is 13.1. The van der Waals surface area contributed by atoms with Crippen molar-refractivity contribution < 1.29 is 51.8 Å². The minimum atomic E-state index is -5.09. The van der Waals surface area contributed by atoms with E-state index < -0.39 is 59.9 Å². The van der Waals surface area contributed by atoms with Gasteiger partial charge in [-0.3, -0.25) is 9.35 Å². The Balaban J connectivity index is 2.42. The second kappa shape index (κ2) is 44.3. The molecule has 1 aliphatic heterocycles. The van der Waals surface area contributed by atoms with Gasteiger partial charge in [0.2, 0.25) is 5.91 Å². The van der Waals surface area contributed by atoms with E-state index in [9.17, 15) is 38.2 Å². The number of hydrogen-bond donors (Lipinski definition) is 6. The fraction of sp³-hybridized carbons (Fsp3) is 0.870. The SMILES string of the molecule is CCCCC/C=C\C/C=C\CCCCCCCCCC(=O)NC(COC1OC(CO)C(O)C(OS(=O)(=O)O)C1O)C(O)/C=C/CCCCCCCCCCCCCCCCCCCCCCC. The van der Waals surface area contributed by atoms with Crippen LogP contribution in [0, 0.1) is 0 Å². The van der Waals surface area contributed by atoms with Crippen LogP contribution in [0.15, 0.2) is 36.5 Å². The van der Waals surface area contributed by atoms with Gasteiger partial charge in [-0.25, -0.2) is 4.18 Å². The number of hydrogen-bond acceptors (Lipinski definition) is 10. The van der Waals surface area contributed by atoms with Gasteiger partial charge in [-0.1, -0.05) is 224 Å². The van der Waals surface area contributed by atoms with Gasteiger partial charge in [-0.05, 0) is 51.4 Å². The van der Waals surface area contributed by atoms with E-state index in [0.717, 1.165) is 57.8 Å². The van der Waals surface area contributed by atoms with Crippen molar-refractivity contribution in [2.24, 2.45) is 0 Å². The number of aliphatic hydroxyl groups is 4. The first kappa shape index (κ1) is 63.3. The minimum absolute atomic E-state index is 0.260. The van der Waals surface area contributed by atoms with Crippen LogP contribution in [0.4, 0.5) is 0 Å². The Labute approximate surface area is 409 Å². The molecule has 7 unspecified atom stereocenters. The number of amides is 1. The molecule has 1 heterocycles. The van der Waals surface area contributed by atoms with E-state index in [2.05, 4.69) is 47.7 Å². The molecule has 0 aromatic rings. The molecule has 0 bridgehead atoms. The molecular formula is C54H101NO11S. The molecule has 6 N–H and O–H groups in total. The molecule has 0 aliphatic carbocycles. The Kier molecular flexibility index (Phi) is 41.9. The lowest BCUT2D eigenvalue weighted by Crippen LogP contribution is -2.61. The van der Waals surface area contributed by atoms with E-state index in [1.165, 1.54) is 161 Å². The Hall–Kier alpha value is -1.68. The Morgan fingerprint density at radius 3 is 1.45 bits per heavy atom. The average molecular weight is 972 g/mol. The van der Waals surface area contributed by atoms with Gasteiger partial charge in [0, 0.05) is 6.42 Å². The maximum Gasteiger partial charge on any atom is 0.397 e. The number of ether oxygens (including phenoxy) is 2. The van der Waals surface area contributed by atoms with E-state index in [1.807, 2.05) is 6.08 Å². The summed E-state index contributed by atoms with van der Waals surface area (Å²) in [6.45, 7) is 3.38. The molecule has 1 fully saturated rings. The average Bonchev–Trinajstić information content (AvgIpc) is 3.30. The van der Waals surface area contributed by atoms with Crippen molar-refractivity contribution in [3.05, 3.63) is 36.5 Å². The van der Waals surface area contributed by atoms with Crippen LogP contribution >= 0.6 is 0 Å². The molecule has 7 atom stereocenters. The molecule has 12 nitrogen and oxygen atoms in total. The molecule has 1 amide bonds. The summed E-state index contributed by atoms with van der Waals surface area (Å²) in [4.78, 5) is 13.1. The lowest BCUT2D eigenvalue weighted by atomic mass is 9.99. The summed E-state index contributed by atoms with van der Waals surface area (Å²) in [5.74, 6) is -0.269. The van der Waals surface area contributed by atoms with Crippen LogP contribution in [0.2, 0.25) is 0 Å². The highest BCUT2D eigenvalue weighted by Gasteiger charge is 2.48. The van der Waals surface area contributed by atoms with Gasteiger partial charge < -0.3 is 35.2 Å². The molecule has 1 aliphatic rings. The number of unbranched alkanes of at least 4 members (excludes halogenated alkanes) is 31. The molecule has 0 saturated carbocycles. The molecule has 1 rings (SSSR count). The van der Waals surface area contributed by atoms with Crippen molar-refractivity contribution >= 4 is 16.3 Å². The summed E-state index contributed by atoms with van der Waals surface area (Å²) < 4.78 is 47.8. The monoisotopic (exact) mass is 972 g/mol. The quantitative estimate of drug-likeness (QED) is 0.0193. The number of aliphatic hydroxyl groups excluding tert-OH is 4. The van der Waals surface area contributed by atoms with Crippen LogP contribution in [-0.2, 0) is 28.9 Å². The predicted octanol–water partition coefficient (Wildman–Crippen LogP) is 12.2. The predicted molar refractivity (Wildman–Crippen MR) is 273 cm³/mol. The summed E-state index contributed by atoms with van der Waals surface area (Å²) in [7, 11) is -5.09. The zero-order valence-corrected chi connectivity index (χ0v) is 43.3. The van der Waals surface area contributed by atoms with Crippen LogP contribution in [-0.4, -0.2) is 95.4 Å². The summed E-state index contributed by atoms with van der Waals surface area (Å²) >= 11 is 0. The fourth-order valence-corrected chi connectivity index (χ4v) is 9.17. The van der Waals surface area contributed by atoms with E-state index in [-0.39, 0.29) is 18.9 Å². The molecule has 394 valence electrons. The van der Waals surface area contributed by atoms with Crippen molar-refractivity contribution in [1.29, 1.82) is 0 Å². The third-order valence-electron chi connectivity index (χ3n) is 12.9. The molecular weight excluding hydrogens is 871 g/mol. The maximum atomic E-state index is 13.1. The van der Waals surface area contributed by atoms with E-state index in [0.29, 0.717) is 6.42 Å². The highest BCUT2D eigenvalue weighted by Crippen LogP contribution is 2.26. The van der Waals surface area contributed by atoms with Crippen LogP contribution in [0.25, 0.3) is 0 Å². The Morgan fingerprint density at radius 1 is 0.597 bits per heavy atom. The third kappa shape index (κ3) is 36.9. The Morgan fingerprint density at radius 2 is 1.00 bits per heavy atom. The summed E-state index contributed by atoms with van der Waals surface area (Å²) in [5.41, 5.74) is 0. The second-order valence-corrected chi connectivity index (χ2v) is 20.2. The first-order valence-electron chi connectivity index (χ1n) is 27.4. The first-order chi connectivity index (χ1) is 32.5. The van der Waals surface area contributed by atoms with E-state index >= 15 is 0 Å². The number of nitrogens with one attached hydrogen (secondary N) is 1. The lowest BCUT2D eigenvalue weighted by molar-refractivity contribution is -0.298. The van der Waals surface area contributed by atoms with Gasteiger partial charge in [0.1, 0.15) is 24.4 Å². The second-order valence-electron chi connectivity index (χ2n) is 19.2. The molecule has 0 aromatic carbocycles. The zero-order chi connectivity index (χ0) is 49.1. The van der Waals surface area contributed by atoms with Gasteiger partial charge in [0.15, 0.2) is 6.29 Å². The normalized spacial score (nSPS) is 20.1. The zero-order valence-electron chi connectivity index (χ0n) is 42.5. The van der Waals surface area contributed by atoms with Crippen molar-refractivity contribution in [2.75, 3.05) is 13.2 Å². The van der Waals surface area contributed by atoms with Crippen molar-refractivity contribution in [1.82, 2.24) is 5.32 Å². The molecule has 0 aromatic heterocycles. The largest absolute Gasteiger partial charge is 0.397 e. The smallest absolute Gasteiger partial charge is 0.394 e. The highest BCUT2D eigenvalue weighted by molar-refractivity contribution is 7.80. The number of carbonyl (C=O) groups is 1. The standard InChI is InChI=1S/C54H101NO11S/c1-3-5-7-9-11-13-15-17-19-21-22-23-24-25-26-28-29-31-33-35-37-39-41-43-48(57)47(46-64-54-52(60)53(66-67(61,62)63)51(59)49(45-56)65-54)55-50(58)44-42-40-38-36-34-32-30-27-20-18-16-14-12-10-8-6-4-2/h12,14,18,20,41,43,47-49,51-54,56-57,59-60H,3-11,13,15-17,19,21-40,42,44-46H2,1-2H3,(H,55,58)(H,61,62,63)/b14-12-,20-18-,43-41+. The van der Waals surface area contributed by atoms with E-state index in [1.54, 1.807) is 6.08 Å². The topological polar surface area (TPSA) is 192 Å². The van der Waals surface area contributed by atoms with Crippen molar-refractivity contribution in [3.8, 4) is 0 Å².